The van der Waals surface area contributed by atoms with Gasteiger partial charge in [-0.15, -0.1) is 0 Å². The van der Waals surface area contributed by atoms with Crippen molar-refractivity contribution in [3.05, 3.63) is 65.2 Å². The minimum Gasteiger partial charge on any atom is -0.497 e. The summed E-state index contributed by atoms with van der Waals surface area (Å²) < 4.78 is 31.5. The molecule has 0 aliphatic carbocycles. The fraction of sp³-hybridized carbons (Fsp3) is 0.0714. The van der Waals surface area contributed by atoms with E-state index in [-0.39, 0.29) is 11.3 Å². The van der Waals surface area contributed by atoms with Gasteiger partial charge in [-0.1, -0.05) is 5.16 Å². The smallest absolute Gasteiger partial charge is 0.135 e. The van der Waals surface area contributed by atoms with Crippen LogP contribution in [0, 0.1) is 11.6 Å². The van der Waals surface area contributed by atoms with E-state index in [2.05, 4.69) is 5.16 Å². The molecule has 2 rings (SSSR count). The van der Waals surface area contributed by atoms with Gasteiger partial charge in [-0.3, -0.25) is 0 Å². The fourth-order valence-corrected chi connectivity index (χ4v) is 1.70. The summed E-state index contributed by atoms with van der Waals surface area (Å²) in [5, 5.41) is 12.1. The Balaban J connectivity index is 2.44. The molecule has 0 fully saturated rings. The first-order valence-corrected chi connectivity index (χ1v) is 5.47. The van der Waals surface area contributed by atoms with Crippen molar-refractivity contribution in [2.45, 2.75) is 0 Å². The zero-order valence-corrected chi connectivity index (χ0v) is 10.1. The highest BCUT2D eigenvalue weighted by Crippen LogP contribution is 2.18. The number of halogens is 2. The van der Waals surface area contributed by atoms with Gasteiger partial charge >= 0.3 is 0 Å². The van der Waals surface area contributed by atoms with E-state index in [0.717, 1.165) is 12.1 Å². The highest BCUT2D eigenvalue weighted by Gasteiger charge is 2.13. The second-order valence-electron chi connectivity index (χ2n) is 3.80. The number of nitrogens with zero attached hydrogens (tertiary/aromatic N) is 1. The van der Waals surface area contributed by atoms with Crippen LogP contribution in [0.3, 0.4) is 0 Å². The summed E-state index contributed by atoms with van der Waals surface area (Å²) in [6.07, 6.45) is 0. The normalized spacial score (nSPS) is 11.4. The van der Waals surface area contributed by atoms with Gasteiger partial charge in [-0.05, 0) is 36.4 Å². The minimum atomic E-state index is -0.788. The molecule has 3 nitrogen and oxygen atoms in total. The van der Waals surface area contributed by atoms with E-state index in [0.29, 0.717) is 11.3 Å². The Morgan fingerprint density at radius 1 is 1.11 bits per heavy atom. The molecule has 0 bridgehead atoms. The van der Waals surface area contributed by atoms with Gasteiger partial charge in [0.2, 0.25) is 0 Å². The van der Waals surface area contributed by atoms with Crippen LogP contribution >= 0.6 is 0 Å². The Bertz CT molecular complexity index is 609. The van der Waals surface area contributed by atoms with Gasteiger partial charge in [0.05, 0.1) is 7.11 Å². The maximum atomic E-state index is 13.7. The predicted octanol–water partition coefficient (Wildman–Crippen LogP) is 3.20. The molecule has 0 atom stereocenters. The third kappa shape index (κ3) is 2.70. The molecule has 0 amide bonds. The molecular weight excluding hydrogens is 252 g/mol. The molecule has 0 spiro atoms. The topological polar surface area (TPSA) is 41.8 Å². The van der Waals surface area contributed by atoms with Gasteiger partial charge < -0.3 is 9.94 Å². The van der Waals surface area contributed by atoms with Crippen LogP contribution in [-0.4, -0.2) is 18.0 Å². The lowest BCUT2D eigenvalue weighted by atomic mass is 10.0. The Hall–Kier alpha value is -2.43. The Labute approximate surface area is 108 Å². The lowest BCUT2D eigenvalue weighted by Gasteiger charge is -2.07. The molecule has 0 radical (unpaired) electrons. The van der Waals surface area contributed by atoms with Crippen LogP contribution in [0.1, 0.15) is 11.1 Å². The number of oxime groups is 1. The molecule has 0 heterocycles. The zero-order valence-electron chi connectivity index (χ0n) is 10.1. The van der Waals surface area contributed by atoms with Crippen LogP contribution in [0.15, 0.2) is 47.6 Å². The van der Waals surface area contributed by atoms with E-state index >= 15 is 0 Å². The van der Waals surface area contributed by atoms with Gasteiger partial charge in [0, 0.05) is 17.2 Å². The standard InChI is InChI=1S/C14H11F2NO2/c1-19-11-5-2-9(3-6-11)14(17-18)12-7-4-10(15)8-13(12)16/h2-8,18H,1H3. The van der Waals surface area contributed by atoms with Crippen molar-refractivity contribution in [1.29, 1.82) is 0 Å². The number of hydrogen-bond acceptors (Lipinski definition) is 3. The SMILES string of the molecule is COc1ccc(C(=NO)c2ccc(F)cc2F)cc1. The molecule has 0 aromatic heterocycles. The third-order valence-corrected chi connectivity index (χ3v) is 2.65. The third-order valence-electron chi connectivity index (χ3n) is 2.65. The maximum absolute atomic E-state index is 13.7. The second kappa shape index (κ2) is 5.48. The first kappa shape index (κ1) is 13.0. The first-order chi connectivity index (χ1) is 9.15. The summed E-state index contributed by atoms with van der Waals surface area (Å²) >= 11 is 0. The number of benzene rings is 2. The molecule has 0 aliphatic heterocycles. The zero-order chi connectivity index (χ0) is 13.8. The summed E-state index contributed by atoms with van der Waals surface area (Å²) in [7, 11) is 1.52. The summed E-state index contributed by atoms with van der Waals surface area (Å²) in [5.41, 5.74) is 0.544. The maximum Gasteiger partial charge on any atom is 0.135 e. The molecule has 1 N–H and O–H groups in total. The van der Waals surface area contributed by atoms with Gasteiger partial charge in [0.25, 0.3) is 0 Å². The first-order valence-electron chi connectivity index (χ1n) is 5.47. The Kier molecular flexibility index (Phi) is 3.75. The summed E-state index contributed by atoms with van der Waals surface area (Å²) in [5.74, 6) is -0.850. The molecule has 98 valence electrons. The number of ether oxygens (including phenoxy) is 1. The highest BCUT2D eigenvalue weighted by molar-refractivity contribution is 6.12. The quantitative estimate of drug-likeness (QED) is 0.525. The van der Waals surface area contributed by atoms with E-state index in [9.17, 15) is 8.78 Å². The number of rotatable bonds is 3. The van der Waals surface area contributed by atoms with Gasteiger partial charge in [-0.25, -0.2) is 8.78 Å². The van der Waals surface area contributed by atoms with Crippen molar-refractivity contribution in [3.8, 4) is 5.75 Å². The van der Waals surface area contributed by atoms with Crippen molar-refractivity contribution in [2.75, 3.05) is 7.11 Å². The second-order valence-corrected chi connectivity index (χ2v) is 3.80. The van der Waals surface area contributed by atoms with E-state index in [1.807, 2.05) is 0 Å². The van der Waals surface area contributed by atoms with Crippen LogP contribution in [0.2, 0.25) is 0 Å². The molecule has 0 saturated carbocycles. The molecular formula is C14H11F2NO2. The van der Waals surface area contributed by atoms with Gasteiger partial charge in [0.15, 0.2) is 0 Å². The largest absolute Gasteiger partial charge is 0.497 e. The number of methoxy groups -OCH3 is 1. The van der Waals surface area contributed by atoms with E-state index in [1.165, 1.54) is 13.2 Å². The molecule has 2 aromatic carbocycles. The van der Waals surface area contributed by atoms with Crippen molar-refractivity contribution in [1.82, 2.24) is 0 Å². The molecule has 0 aliphatic rings. The van der Waals surface area contributed by atoms with E-state index in [1.54, 1.807) is 24.3 Å². The van der Waals surface area contributed by atoms with Crippen molar-refractivity contribution >= 4 is 5.71 Å². The van der Waals surface area contributed by atoms with Crippen LogP contribution < -0.4 is 4.74 Å². The Morgan fingerprint density at radius 3 is 2.32 bits per heavy atom. The van der Waals surface area contributed by atoms with Crippen molar-refractivity contribution < 1.29 is 18.7 Å². The van der Waals surface area contributed by atoms with Crippen LogP contribution in [0.4, 0.5) is 8.78 Å². The molecule has 0 saturated heterocycles. The minimum absolute atomic E-state index is 0.0223. The molecule has 5 heteroatoms. The van der Waals surface area contributed by atoms with Crippen molar-refractivity contribution in [2.24, 2.45) is 5.16 Å². The van der Waals surface area contributed by atoms with Crippen LogP contribution in [-0.2, 0) is 0 Å². The fourth-order valence-electron chi connectivity index (χ4n) is 1.70. The molecule has 0 unspecified atom stereocenters. The lowest BCUT2D eigenvalue weighted by Crippen LogP contribution is -2.06. The lowest BCUT2D eigenvalue weighted by molar-refractivity contribution is 0.319. The highest BCUT2D eigenvalue weighted by atomic mass is 19.1. The van der Waals surface area contributed by atoms with Gasteiger partial charge in [0.1, 0.15) is 23.1 Å². The molecule has 19 heavy (non-hydrogen) atoms. The summed E-state index contributed by atoms with van der Waals surface area (Å²) in [4.78, 5) is 0. The van der Waals surface area contributed by atoms with Gasteiger partial charge in [-0.2, -0.15) is 0 Å². The average molecular weight is 263 g/mol. The summed E-state index contributed by atoms with van der Waals surface area (Å²) in [6.45, 7) is 0. The predicted molar refractivity (Wildman–Crippen MR) is 66.8 cm³/mol. The van der Waals surface area contributed by atoms with E-state index in [4.69, 9.17) is 9.94 Å². The Morgan fingerprint density at radius 2 is 1.79 bits per heavy atom. The average Bonchev–Trinajstić information content (AvgIpc) is 2.42. The monoisotopic (exact) mass is 263 g/mol. The van der Waals surface area contributed by atoms with E-state index < -0.39 is 11.6 Å². The van der Waals surface area contributed by atoms with Crippen molar-refractivity contribution in [3.63, 3.8) is 0 Å². The summed E-state index contributed by atoms with van der Waals surface area (Å²) in [6, 6.07) is 9.62. The number of hydrogen-bond donors (Lipinski definition) is 1. The molecule has 2 aromatic rings. The van der Waals surface area contributed by atoms with Crippen LogP contribution in [0.5, 0.6) is 5.75 Å². The van der Waals surface area contributed by atoms with Crippen LogP contribution in [0.25, 0.3) is 0 Å².